The fourth-order valence-electron chi connectivity index (χ4n) is 3.48. The third-order valence-electron chi connectivity index (χ3n) is 4.68. The molecule has 2 heterocycles. The Morgan fingerprint density at radius 2 is 1.79 bits per heavy atom. The summed E-state index contributed by atoms with van der Waals surface area (Å²) in [6.07, 6.45) is 0. The Hall–Kier alpha value is -3.68. The van der Waals surface area contributed by atoms with Crippen molar-refractivity contribution in [2.24, 2.45) is 0 Å². The molecule has 29 heavy (non-hydrogen) atoms. The predicted octanol–water partition coefficient (Wildman–Crippen LogP) is 2.85. The number of hydrogen-bond acceptors (Lipinski definition) is 8. The van der Waals surface area contributed by atoms with E-state index in [0.717, 1.165) is 0 Å². The molecule has 4 rings (SSSR count). The van der Waals surface area contributed by atoms with Crippen LogP contribution in [0.1, 0.15) is 24.0 Å². The third kappa shape index (κ3) is 3.33. The van der Waals surface area contributed by atoms with E-state index in [4.69, 9.17) is 23.7 Å². The quantitative estimate of drug-likeness (QED) is 0.606. The van der Waals surface area contributed by atoms with E-state index in [2.05, 4.69) is 0 Å². The van der Waals surface area contributed by atoms with Gasteiger partial charge in [0.25, 0.3) is 0 Å². The number of carbonyl (C=O) groups excluding carboxylic acids is 2. The average Bonchev–Trinajstić information content (AvgIpc) is 3.29. The number of aliphatic hydroxyl groups excluding tert-OH is 1. The first-order valence-corrected chi connectivity index (χ1v) is 8.83. The van der Waals surface area contributed by atoms with Crippen LogP contribution in [0.4, 0.5) is 0 Å². The molecule has 0 saturated heterocycles. The molecule has 0 aromatic heterocycles. The number of aliphatic hydroxyl groups is 1. The molecular formula is C21H18O8. The Kier molecular flexibility index (Phi) is 4.75. The van der Waals surface area contributed by atoms with Crippen LogP contribution in [0, 0.1) is 0 Å². The number of rotatable bonds is 5. The monoisotopic (exact) mass is 398 g/mol. The number of ether oxygens (including phenoxy) is 5. The van der Waals surface area contributed by atoms with Gasteiger partial charge in [-0.2, -0.15) is 0 Å². The van der Waals surface area contributed by atoms with Gasteiger partial charge in [0.05, 0.1) is 18.6 Å². The van der Waals surface area contributed by atoms with Crippen molar-refractivity contribution in [1.29, 1.82) is 0 Å². The summed E-state index contributed by atoms with van der Waals surface area (Å²) >= 11 is 0. The van der Waals surface area contributed by atoms with Gasteiger partial charge in [0.15, 0.2) is 11.5 Å². The lowest BCUT2D eigenvalue weighted by atomic mass is 9.83. The zero-order chi connectivity index (χ0) is 20.5. The average molecular weight is 398 g/mol. The van der Waals surface area contributed by atoms with Gasteiger partial charge < -0.3 is 28.8 Å². The number of para-hydroxylation sites is 1. The van der Waals surface area contributed by atoms with E-state index in [1.807, 2.05) is 0 Å². The number of benzene rings is 2. The van der Waals surface area contributed by atoms with Gasteiger partial charge in [-0.3, -0.25) is 4.79 Å². The van der Waals surface area contributed by atoms with Crippen LogP contribution in [0.15, 0.2) is 47.7 Å². The molecule has 0 amide bonds. The fourth-order valence-corrected chi connectivity index (χ4v) is 3.48. The van der Waals surface area contributed by atoms with Gasteiger partial charge in [-0.05, 0) is 12.1 Å². The maximum absolute atomic E-state index is 12.5. The van der Waals surface area contributed by atoms with Gasteiger partial charge >= 0.3 is 11.9 Å². The Morgan fingerprint density at radius 3 is 2.45 bits per heavy atom. The van der Waals surface area contributed by atoms with E-state index in [1.165, 1.54) is 20.1 Å². The summed E-state index contributed by atoms with van der Waals surface area (Å²) in [5, 5.41) is 10.4. The van der Waals surface area contributed by atoms with Gasteiger partial charge in [0, 0.05) is 24.1 Å². The van der Waals surface area contributed by atoms with Crippen LogP contribution in [-0.2, 0) is 14.3 Å². The number of carbonyl (C=O) groups is 2. The number of cyclic esters (lactones) is 1. The summed E-state index contributed by atoms with van der Waals surface area (Å²) in [6.45, 7) is 1.06. The molecule has 0 spiro atoms. The van der Waals surface area contributed by atoms with Gasteiger partial charge in [0.2, 0.25) is 6.79 Å². The Labute approximate surface area is 166 Å². The summed E-state index contributed by atoms with van der Waals surface area (Å²) < 4.78 is 26.7. The predicted molar refractivity (Wildman–Crippen MR) is 99.3 cm³/mol. The first-order chi connectivity index (χ1) is 14.0. The lowest BCUT2D eigenvalue weighted by Crippen LogP contribution is -2.15. The second kappa shape index (κ2) is 7.38. The van der Waals surface area contributed by atoms with Crippen molar-refractivity contribution in [3.63, 3.8) is 0 Å². The number of fused-ring (bicyclic) bond motifs is 1. The SMILES string of the molecule is COc1ccccc1[C@@H](C1=C(O)COC1=O)c1cc2c(cc1OC(C)=O)OCO2. The normalized spacial score (nSPS) is 15.9. The second-order valence-electron chi connectivity index (χ2n) is 6.45. The van der Waals surface area contributed by atoms with E-state index in [-0.39, 0.29) is 30.5 Å². The summed E-state index contributed by atoms with van der Waals surface area (Å²) in [7, 11) is 1.50. The molecule has 8 heteroatoms. The van der Waals surface area contributed by atoms with Crippen molar-refractivity contribution >= 4 is 11.9 Å². The van der Waals surface area contributed by atoms with Gasteiger partial charge in [-0.1, -0.05) is 18.2 Å². The highest BCUT2D eigenvalue weighted by atomic mass is 16.7. The molecule has 2 aliphatic rings. The van der Waals surface area contributed by atoms with Gasteiger partial charge in [-0.15, -0.1) is 0 Å². The van der Waals surface area contributed by atoms with E-state index in [9.17, 15) is 14.7 Å². The number of esters is 2. The fraction of sp³-hybridized carbons (Fsp3) is 0.238. The first-order valence-electron chi connectivity index (χ1n) is 8.83. The highest BCUT2D eigenvalue weighted by molar-refractivity contribution is 5.94. The third-order valence-corrected chi connectivity index (χ3v) is 4.68. The summed E-state index contributed by atoms with van der Waals surface area (Å²) in [4.78, 5) is 24.2. The van der Waals surface area contributed by atoms with Gasteiger partial charge in [-0.25, -0.2) is 4.79 Å². The van der Waals surface area contributed by atoms with Crippen molar-refractivity contribution in [2.45, 2.75) is 12.8 Å². The van der Waals surface area contributed by atoms with Crippen molar-refractivity contribution in [1.82, 2.24) is 0 Å². The van der Waals surface area contributed by atoms with Crippen LogP contribution in [0.2, 0.25) is 0 Å². The molecule has 1 atom stereocenters. The lowest BCUT2D eigenvalue weighted by Gasteiger charge is -2.22. The maximum Gasteiger partial charge on any atom is 0.338 e. The molecule has 2 aromatic rings. The van der Waals surface area contributed by atoms with Crippen LogP contribution in [0.25, 0.3) is 0 Å². The highest BCUT2D eigenvalue weighted by Gasteiger charge is 2.38. The molecule has 150 valence electrons. The summed E-state index contributed by atoms with van der Waals surface area (Å²) in [6, 6.07) is 10.2. The van der Waals surface area contributed by atoms with Crippen molar-refractivity contribution in [3.8, 4) is 23.0 Å². The molecule has 0 saturated carbocycles. The molecule has 2 aliphatic heterocycles. The van der Waals surface area contributed by atoms with Crippen LogP contribution in [0.3, 0.4) is 0 Å². The Balaban J connectivity index is 1.98. The Bertz CT molecular complexity index is 1020. The van der Waals surface area contributed by atoms with E-state index in [0.29, 0.717) is 28.4 Å². The Morgan fingerprint density at radius 1 is 1.07 bits per heavy atom. The topological polar surface area (TPSA) is 101 Å². The minimum atomic E-state index is -0.829. The minimum absolute atomic E-state index is 0.0214. The molecule has 0 radical (unpaired) electrons. The van der Waals surface area contributed by atoms with Crippen LogP contribution in [0.5, 0.6) is 23.0 Å². The van der Waals surface area contributed by atoms with Crippen molar-refractivity contribution in [2.75, 3.05) is 20.5 Å². The molecule has 0 aliphatic carbocycles. The second-order valence-corrected chi connectivity index (χ2v) is 6.45. The van der Waals surface area contributed by atoms with Crippen LogP contribution < -0.4 is 18.9 Å². The molecular weight excluding hydrogens is 380 g/mol. The van der Waals surface area contributed by atoms with Crippen LogP contribution in [-0.4, -0.2) is 37.6 Å². The van der Waals surface area contributed by atoms with E-state index in [1.54, 1.807) is 30.3 Å². The summed E-state index contributed by atoms with van der Waals surface area (Å²) in [5.41, 5.74) is 1.05. The maximum atomic E-state index is 12.5. The smallest absolute Gasteiger partial charge is 0.338 e. The molecule has 0 fully saturated rings. The van der Waals surface area contributed by atoms with Crippen molar-refractivity contribution < 1.29 is 38.4 Å². The van der Waals surface area contributed by atoms with Crippen LogP contribution >= 0.6 is 0 Å². The number of hydrogen-bond donors (Lipinski definition) is 1. The zero-order valence-corrected chi connectivity index (χ0v) is 15.8. The molecule has 8 nitrogen and oxygen atoms in total. The van der Waals surface area contributed by atoms with E-state index < -0.39 is 17.9 Å². The van der Waals surface area contributed by atoms with Gasteiger partial charge in [0.1, 0.15) is 23.9 Å². The van der Waals surface area contributed by atoms with Crippen molar-refractivity contribution in [3.05, 3.63) is 58.9 Å². The standard InChI is InChI=1S/C21H18O8/c1-11(22)29-16-8-18-17(27-10-28-18)7-13(16)19(20-14(23)9-26-21(20)24)12-5-3-4-6-15(12)25-2/h3-8,19,23H,9-10H2,1-2H3/t19-/m1/s1. The largest absolute Gasteiger partial charge is 0.508 e. The molecule has 1 N–H and O–H groups in total. The molecule has 0 bridgehead atoms. The lowest BCUT2D eigenvalue weighted by molar-refractivity contribution is -0.136. The highest BCUT2D eigenvalue weighted by Crippen LogP contribution is 2.48. The molecule has 0 unspecified atom stereocenters. The minimum Gasteiger partial charge on any atom is -0.508 e. The van der Waals surface area contributed by atoms with E-state index >= 15 is 0 Å². The summed E-state index contributed by atoms with van der Waals surface area (Å²) in [5.74, 6) is -0.719. The zero-order valence-electron chi connectivity index (χ0n) is 15.8. The first kappa shape index (κ1) is 18.7. The molecule has 2 aromatic carbocycles. The number of methoxy groups -OCH3 is 1.